The Bertz CT molecular complexity index is 142. The highest BCUT2D eigenvalue weighted by Gasteiger charge is 2.29. The Morgan fingerprint density at radius 3 is 2.42 bits per heavy atom. The fourth-order valence-electron chi connectivity index (χ4n) is 1.38. The van der Waals surface area contributed by atoms with Gasteiger partial charge in [-0.05, 0) is 26.0 Å². The Morgan fingerprint density at radius 2 is 2.00 bits per heavy atom. The zero-order valence-electron chi connectivity index (χ0n) is 7.66. The first-order valence-corrected chi connectivity index (χ1v) is 6.03. The minimum Gasteiger partial charge on any atom is -0.390 e. The van der Waals surface area contributed by atoms with Gasteiger partial charge in [0.15, 0.2) is 0 Å². The normalized spacial score (nSPS) is 27.0. The van der Waals surface area contributed by atoms with Gasteiger partial charge in [0.05, 0.1) is 10.3 Å². The topological polar surface area (TPSA) is 23.5 Å². The van der Waals surface area contributed by atoms with E-state index in [0.717, 1.165) is 25.9 Å². The van der Waals surface area contributed by atoms with Gasteiger partial charge in [-0.15, -0.1) is 24.4 Å². The molecule has 1 aliphatic rings. The Morgan fingerprint density at radius 1 is 1.50 bits per heavy atom. The van der Waals surface area contributed by atoms with Crippen LogP contribution >= 0.6 is 24.4 Å². The Kier molecular flexibility index (Phi) is 3.76. The molecule has 1 N–H and O–H groups in total. The van der Waals surface area contributed by atoms with Crippen LogP contribution in [0, 0.1) is 0 Å². The number of aliphatic hydroxyl groups is 1. The van der Waals surface area contributed by atoms with Crippen molar-refractivity contribution in [2.45, 2.75) is 30.1 Å². The largest absolute Gasteiger partial charge is 0.390 e. The summed E-state index contributed by atoms with van der Waals surface area (Å²) in [6.07, 6.45) is 3.79. The monoisotopic (exact) mass is 207 g/mol. The predicted molar refractivity (Wildman–Crippen MR) is 57.7 cm³/mol. The van der Waals surface area contributed by atoms with Gasteiger partial charge in [-0.2, -0.15) is 0 Å². The fourth-order valence-corrected chi connectivity index (χ4v) is 2.12. The van der Waals surface area contributed by atoms with E-state index in [2.05, 4.69) is 23.8 Å². The van der Waals surface area contributed by atoms with Crippen LogP contribution in [0.1, 0.15) is 19.8 Å². The molecule has 0 radical (unpaired) electrons. The molecule has 0 spiro atoms. The molecule has 4 heteroatoms. The average molecular weight is 207 g/mol. The second-order valence-electron chi connectivity index (χ2n) is 3.59. The quantitative estimate of drug-likeness (QED) is 0.529. The summed E-state index contributed by atoms with van der Waals surface area (Å²) in [7, 11) is 0. The maximum atomic E-state index is 9.69. The first-order chi connectivity index (χ1) is 5.55. The summed E-state index contributed by atoms with van der Waals surface area (Å²) in [4.78, 5) is 2.30. The van der Waals surface area contributed by atoms with Crippen LogP contribution in [-0.4, -0.2) is 39.7 Å². The van der Waals surface area contributed by atoms with E-state index in [-0.39, 0.29) is 0 Å². The standard InChI is InChI=1S/C8H17NOS2/c1-8(10)3-5-9(6-4-8)7(11)12-2/h7,10-11H,3-6H2,1-2H3. The highest BCUT2D eigenvalue weighted by Crippen LogP contribution is 2.26. The number of likely N-dealkylation sites (tertiary alicyclic amines) is 1. The van der Waals surface area contributed by atoms with Gasteiger partial charge in [0.1, 0.15) is 0 Å². The minimum atomic E-state index is -0.442. The van der Waals surface area contributed by atoms with Crippen LogP contribution in [0.5, 0.6) is 0 Å². The van der Waals surface area contributed by atoms with Crippen molar-refractivity contribution in [2.24, 2.45) is 0 Å². The molecule has 1 rings (SSSR count). The van der Waals surface area contributed by atoms with E-state index < -0.39 is 5.60 Å². The lowest BCUT2D eigenvalue weighted by molar-refractivity contribution is -0.00237. The molecule has 12 heavy (non-hydrogen) atoms. The maximum Gasteiger partial charge on any atom is 0.0995 e. The molecule has 0 aromatic rings. The number of hydrogen-bond acceptors (Lipinski definition) is 4. The van der Waals surface area contributed by atoms with Crippen molar-refractivity contribution in [3.63, 3.8) is 0 Å². The van der Waals surface area contributed by atoms with Crippen LogP contribution in [0.15, 0.2) is 0 Å². The molecule has 0 bridgehead atoms. The first-order valence-electron chi connectivity index (χ1n) is 4.22. The van der Waals surface area contributed by atoms with E-state index in [4.69, 9.17) is 0 Å². The number of piperidine rings is 1. The highest BCUT2D eigenvalue weighted by molar-refractivity contribution is 8.09. The van der Waals surface area contributed by atoms with Gasteiger partial charge in [-0.25, -0.2) is 0 Å². The maximum absolute atomic E-state index is 9.69. The molecule has 1 fully saturated rings. The molecule has 1 aliphatic heterocycles. The van der Waals surface area contributed by atoms with Crippen molar-refractivity contribution < 1.29 is 5.11 Å². The lowest BCUT2D eigenvalue weighted by atomic mass is 9.94. The third kappa shape index (κ3) is 2.83. The fraction of sp³-hybridized carbons (Fsp3) is 1.00. The molecule has 0 amide bonds. The van der Waals surface area contributed by atoms with Crippen molar-refractivity contribution in [1.29, 1.82) is 0 Å². The van der Waals surface area contributed by atoms with Crippen molar-refractivity contribution in [1.82, 2.24) is 4.90 Å². The molecule has 2 nitrogen and oxygen atoms in total. The first kappa shape index (κ1) is 10.7. The molecule has 1 unspecified atom stereocenters. The zero-order chi connectivity index (χ0) is 9.19. The molecule has 0 saturated carbocycles. The zero-order valence-corrected chi connectivity index (χ0v) is 9.37. The summed E-state index contributed by atoms with van der Waals surface area (Å²) in [5, 5.41) is 9.69. The number of thioether (sulfide) groups is 1. The molecule has 72 valence electrons. The van der Waals surface area contributed by atoms with Crippen LogP contribution in [0.3, 0.4) is 0 Å². The lowest BCUT2D eigenvalue weighted by Gasteiger charge is -2.37. The summed E-state index contributed by atoms with van der Waals surface area (Å²) in [5.41, 5.74) is -0.442. The second-order valence-corrected chi connectivity index (χ2v) is 5.35. The second kappa shape index (κ2) is 4.22. The number of rotatable bonds is 2. The molecule has 0 aromatic carbocycles. The lowest BCUT2D eigenvalue weighted by Crippen LogP contribution is -2.44. The van der Waals surface area contributed by atoms with Gasteiger partial charge >= 0.3 is 0 Å². The van der Waals surface area contributed by atoms with Crippen molar-refractivity contribution in [3.8, 4) is 0 Å². The van der Waals surface area contributed by atoms with Gasteiger partial charge in [-0.1, -0.05) is 0 Å². The molecular formula is C8H17NOS2. The number of thiol groups is 1. The summed E-state index contributed by atoms with van der Waals surface area (Å²) in [6, 6.07) is 0. The van der Waals surface area contributed by atoms with Crippen LogP contribution < -0.4 is 0 Å². The van der Waals surface area contributed by atoms with Gasteiger partial charge in [0, 0.05) is 13.1 Å². The van der Waals surface area contributed by atoms with Crippen LogP contribution in [0.4, 0.5) is 0 Å². The summed E-state index contributed by atoms with van der Waals surface area (Å²) < 4.78 is 0.293. The molecule has 1 atom stereocenters. The summed E-state index contributed by atoms with van der Waals surface area (Å²) >= 11 is 6.18. The smallest absolute Gasteiger partial charge is 0.0995 e. The van der Waals surface area contributed by atoms with Gasteiger partial charge in [-0.3, -0.25) is 4.90 Å². The van der Waals surface area contributed by atoms with Crippen molar-refractivity contribution >= 4 is 24.4 Å². The Labute approximate surface area is 84.1 Å². The highest BCUT2D eigenvalue weighted by atomic mass is 32.2. The van der Waals surface area contributed by atoms with E-state index in [1.54, 1.807) is 11.8 Å². The minimum absolute atomic E-state index is 0.293. The molecule has 0 aliphatic carbocycles. The van der Waals surface area contributed by atoms with E-state index in [1.807, 2.05) is 6.92 Å². The van der Waals surface area contributed by atoms with Gasteiger partial charge < -0.3 is 5.11 Å². The van der Waals surface area contributed by atoms with Gasteiger partial charge in [0.2, 0.25) is 0 Å². The van der Waals surface area contributed by atoms with Crippen molar-refractivity contribution in [3.05, 3.63) is 0 Å². The van der Waals surface area contributed by atoms with Crippen LogP contribution in [0.25, 0.3) is 0 Å². The summed E-state index contributed by atoms with van der Waals surface area (Å²) in [5.74, 6) is 0. The van der Waals surface area contributed by atoms with Crippen LogP contribution in [0.2, 0.25) is 0 Å². The number of hydrogen-bond donors (Lipinski definition) is 2. The molecule has 1 heterocycles. The molecule has 0 aromatic heterocycles. The molecule has 1 saturated heterocycles. The third-order valence-electron chi connectivity index (χ3n) is 2.40. The number of nitrogens with zero attached hydrogens (tertiary/aromatic N) is 1. The summed E-state index contributed by atoms with van der Waals surface area (Å²) in [6.45, 7) is 3.83. The Hall–Kier alpha value is 0.620. The van der Waals surface area contributed by atoms with Crippen molar-refractivity contribution in [2.75, 3.05) is 19.3 Å². The Balaban J connectivity index is 2.36. The SMILES string of the molecule is CSC(S)N1CCC(C)(O)CC1. The van der Waals surface area contributed by atoms with E-state index in [1.165, 1.54) is 0 Å². The third-order valence-corrected chi connectivity index (χ3v) is 4.08. The predicted octanol–water partition coefficient (Wildman–Crippen LogP) is 1.41. The molecular weight excluding hydrogens is 190 g/mol. The average Bonchev–Trinajstić information content (AvgIpc) is 2.03. The van der Waals surface area contributed by atoms with Gasteiger partial charge in [0.25, 0.3) is 0 Å². The van der Waals surface area contributed by atoms with E-state index in [0.29, 0.717) is 4.71 Å². The van der Waals surface area contributed by atoms with E-state index >= 15 is 0 Å². The van der Waals surface area contributed by atoms with E-state index in [9.17, 15) is 5.11 Å². The van der Waals surface area contributed by atoms with Crippen LogP contribution in [-0.2, 0) is 0 Å².